The van der Waals surface area contributed by atoms with Crippen LogP contribution in [-0.4, -0.2) is 31.9 Å². The number of ether oxygens (including phenoxy) is 1. The summed E-state index contributed by atoms with van der Waals surface area (Å²) in [5.74, 6) is -1.09. The molecule has 10 heteroatoms. The van der Waals surface area contributed by atoms with Gasteiger partial charge in [-0.1, -0.05) is 12.1 Å². The summed E-state index contributed by atoms with van der Waals surface area (Å²) >= 11 is 1.18. The van der Waals surface area contributed by atoms with Crippen LogP contribution in [0.15, 0.2) is 52.2 Å². The molecule has 3 aromatic rings. The van der Waals surface area contributed by atoms with E-state index in [9.17, 15) is 22.7 Å². The number of carbonyl (C=O) groups is 1. The van der Waals surface area contributed by atoms with Gasteiger partial charge in [-0.2, -0.15) is 0 Å². The molecule has 0 fully saturated rings. The molecular weight excluding hydrogens is 407 g/mol. The summed E-state index contributed by atoms with van der Waals surface area (Å²) in [4.78, 5) is 14.4. The summed E-state index contributed by atoms with van der Waals surface area (Å²) in [6.07, 6.45) is 0.254. The zero-order valence-corrected chi connectivity index (χ0v) is 16.2. The van der Waals surface area contributed by atoms with Gasteiger partial charge in [0, 0.05) is 11.4 Å². The topological polar surface area (TPSA) is 96.8 Å². The number of aldehydes is 1. The van der Waals surface area contributed by atoms with Gasteiger partial charge in [-0.3, -0.25) is 4.79 Å². The zero-order chi connectivity index (χ0) is 20.3. The van der Waals surface area contributed by atoms with E-state index in [0.29, 0.717) is 17.4 Å². The molecule has 7 nitrogen and oxygen atoms in total. The maximum absolute atomic E-state index is 14.4. The second kappa shape index (κ2) is 7.95. The van der Waals surface area contributed by atoms with Crippen LogP contribution in [0.4, 0.5) is 10.2 Å². The first-order valence-corrected chi connectivity index (χ1v) is 10.3. The molecule has 0 aliphatic heterocycles. The highest BCUT2D eigenvalue weighted by atomic mass is 32.2. The van der Waals surface area contributed by atoms with Crippen LogP contribution in [0.25, 0.3) is 0 Å². The Balaban J connectivity index is 2.08. The fourth-order valence-electron chi connectivity index (χ4n) is 2.48. The van der Waals surface area contributed by atoms with Crippen LogP contribution in [0.2, 0.25) is 0 Å². The minimum absolute atomic E-state index is 0.112. The molecular formula is C18H15FN2O5S2. The van der Waals surface area contributed by atoms with Crippen LogP contribution < -0.4 is 9.04 Å². The van der Waals surface area contributed by atoms with Crippen molar-refractivity contribution in [3.8, 4) is 11.5 Å². The van der Waals surface area contributed by atoms with E-state index in [1.807, 2.05) is 0 Å². The average Bonchev–Trinajstić information content (AvgIpc) is 3.20. The highest BCUT2D eigenvalue weighted by Gasteiger charge is 2.30. The third kappa shape index (κ3) is 3.82. The first-order chi connectivity index (χ1) is 13.4. The van der Waals surface area contributed by atoms with Gasteiger partial charge in [0.1, 0.15) is 22.2 Å². The Morgan fingerprint density at radius 3 is 2.57 bits per heavy atom. The quantitative estimate of drug-likeness (QED) is 0.588. The molecule has 0 spiro atoms. The van der Waals surface area contributed by atoms with Crippen LogP contribution in [0.3, 0.4) is 0 Å². The summed E-state index contributed by atoms with van der Waals surface area (Å²) in [6, 6.07) is 8.11. The minimum Gasteiger partial charge on any atom is -0.507 e. The van der Waals surface area contributed by atoms with Crippen molar-refractivity contribution in [2.75, 3.05) is 11.4 Å². The summed E-state index contributed by atoms with van der Waals surface area (Å²) in [7, 11) is -2.90. The smallest absolute Gasteiger partial charge is 0.268 e. The largest absolute Gasteiger partial charge is 0.507 e. The molecule has 28 heavy (non-hydrogen) atoms. The van der Waals surface area contributed by atoms with Crippen LogP contribution in [0.5, 0.6) is 11.5 Å². The van der Waals surface area contributed by atoms with Gasteiger partial charge in [0.2, 0.25) is 0 Å². The van der Waals surface area contributed by atoms with Crippen molar-refractivity contribution in [2.24, 2.45) is 0 Å². The number of rotatable bonds is 7. The number of hydrogen-bond acceptors (Lipinski definition) is 7. The van der Waals surface area contributed by atoms with Gasteiger partial charge >= 0.3 is 0 Å². The molecule has 0 atom stereocenters. The highest BCUT2D eigenvalue weighted by Crippen LogP contribution is 2.30. The molecule has 3 rings (SSSR count). The van der Waals surface area contributed by atoms with Crippen molar-refractivity contribution >= 4 is 33.5 Å². The maximum atomic E-state index is 14.4. The number of nitrogens with zero attached hydrogens (tertiary/aromatic N) is 2. The Morgan fingerprint density at radius 1 is 1.29 bits per heavy atom. The third-order valence-electron chi connectivity index (χ3n) is 3.94. The lowest BCUT2D eigenvalue weighted by Gasteiger charge is -2.23. The van der Waals surface area contributed by atoms with Gasteiger partial charge in [0.25, 0.3) is 10.0 Å². The number of anilines is 1. The zero-order valence-electron chi connectivity index (χ0n) is 14.6. The van der Waals surface area contributed by atoms with E-state index in [-0.39, 0.29) is 24.2 Å². The van der Waals surface area contributed by atoms with Gasteiger partial charge < -0.3 is 9.84 Å². The highest BCUT2D eigenvalue weighted by molar-refractivity contribution is 7.92. The van der Waals surface area contributed by atoms with Gasteiger partial charge in [-0.05, 0) is 23.8 Å². The van der Waals surface area contributed by atoms with E-state index in [4.69, 9.17) is 4.74 Å². The first kappa shape index (κ1) is 19.8. The lowest BCUT2D eigenvalue weighted by Crippen LogP contribution is -2.31. The molecule has 1 aromatic heterocycles. The Morgan fingerprint density at radius 2 is 2.00 bits per heavy atom. The number of phenols is 1. The fraction of sp³-hybridized carbons (Fsp3) is 0.111. The Hall–Kier alpha value is -2.98. The predicted octanol–water partition coefficient (Wildman–Crippen LogP) is 3.20. The molecule has 2 aromatic carbocycles. The van der Waals surface area contributed by atoms with Gasteiger partial charge in [-0.25, -0.2) is 22.1 Å². The lowest BCUT2D eigenvalue weighted by atomic mass is 10.2. The van der Waals surface area contributed by atoms with Crippen molar-refractivity contribution in [3.05, 3.63) is 64.2 Å². The van der Waals surface area contributed by atoms with E-state index in [1.165, 1.54) is 29.3 Å². The Kier molecular flexibility index (Phi) is 5.61. The summed E-state index contributed by atoms with van der Waals surface area (Å²) in [5, 5.41) is 11.1. The van der Waals surface area contributed by atoms with Gasteiger partial charge in [0.05, 0.1) is 24.7 Å². The average molecular weight is 422 g/mol. The van der Waals surface area contributed by atoms with Crippen LogP contribution in [-0.2, 0) is 16.6 Å². The number of thiazole rings is 1. The summed E-state index contributed by atoms with van der Waals surface area (Å²) in [5.41, 5.74) is 1.74. The maximum Gasteiger partial charge on any atom is 0.268 e. The molecule has 0 amide bonds. The Bertz CT molecular complexity index is 1080. The lowest BCUT2D eigenvalue weighted by molar-refractivity contribution is 0.112. The molecule has 1 heterocycles. The molecule has 0 saturated heterocycles. The van der Waals surface area contributed by atoms with E-state index in [1.54, 1.807) is 24.3 Å². The standard InChI is InChI=1S/C18H15FN2O5S2/c1-26-14-4-2-12(3-5-14)8-21(18-10-27-11-20-18)28(24,25)17-6-13(9-22)16(23)7-15(17)19/h2-7,9-11,23H,8H2,1H3. The minimum atomic E-state index is -4.42. The van der Waals surface area contributed by atoms with Crippen LogP contribution in [0, 0.1) is 5.82 Å². The number of halogens is 1. The number of sulfonamides is 1. The molecule has 0 bridgehead atoms. The van der Waals surface area contributed by atoms with Crippen molar-refractivity contribution in [2.45, 2.75) is 11.4 Å². The SMILES string of the molecule is COc1ccc(CN(c2cscn2)S(=O)(=O)c2cc(C=O)c(O)cc2F)cc1. The van der Waals surface area contributed by atoms with Crippen LogP contribution in [0.1, 0.15) is 15.9 Å². The molecule has 1 N–H and O–H groups in total. The normalized spacial score (nSPS) is 11.2. The molecule has 0 saturated carbocycles. The fourth-order valence-corrected chi connectivity index (χ4v) is 4.57. The Labute approximate surface area is 164 Å². The number of phenolic OH excluding ortho intramolecular Hbond substituents is 1. The van der Waals surface area contributed by atoms with Crippen molar-refractivity contribution in [1.29, 1.82) is 0 Å². The number of methoxy groups -OCH3 is 1. The second-order valence-corrected chi connectivity index (χ2v) is 8.22. The number of carbonyl (C=O) groups excluding carboxylic acids is 1. The number of benzene rings is 2. The molecule has 146 valence electrons. The van der Waals surface area contributed by atoms with E-state index >= 15 is 0 Å². The third-order valence-corrected chi connectivity index (χ3v) is 6.28. The van der Waals surface area contributed by atoms with Gasteiger partial charge in [0.15, 0.2) is 12.1 Å². The molecule has 0 aliphatic rings. The first-order valence-electron chi connectivity index (χ1n) is 7.88. The van der Waals surface area contributed by atoms with E-state index in [0.717, 1.165) is 10.4 Å². The molecule has 0 unspecified atom stereocenters. The number of hydrogen-bond donors (Lipinski definition) is 1. The number of aromatic nitrogens is 1. The van der Waals surface area contributed by atoms with Gasteiger partial charge in [-0.15, -0.1) is 11.3 Å². The van der Waals surface area contributed by atoms with Crippen LogP contribution >= 0.6 is 11.3 Å². The second-order valence-electron chi connectivity index (χ2n) is 5.67. The van der Waals surface area contributed by atoms with E-state index in [2.05, 4.69) is 4.98 Å². The summed E-state index contributed by atoms with van der Waals surface area (Å²) in [6.45, 7) is -0.118. The van der Waals surface area contributed by atoms with Crippen molar-refractivity contribution < 1.29 is 27.4 Å². The molecule has 0 radical (unpaired) electrons. The summed E-state index contributed by atoms with van der Waals surface area (Å²) < 4.78 is 46.8. The van der Waals surface area contributed by atoms with Crippen molar-refractivity contribution in [3.63, 3.8) is 0 Å². The molecule has 0 aliphatic carbocycles. The monoisotopic (exact) mass is 422 g/mol. The van der Waals surface area contributed by atoms with E-state index < -0.39 is 26.5 Å². The predicted molar refractivity (Wildman–Crippen MR) is 102 cm³/mol. The number of aromatic hydroxyl groups is 1. The van der Waals surface area contributed by atoms with Crippen molar-refractivity contribution in [1.82, 2.24) is 4.98 Å².